The first-order chi connectivity index (χ1) is 8.75. The monoisotopic (exact) mass is 265 g/mol. The van der Waals surface area contributed by atoms with Crippen molar-refractivity contribution in [2.24, 2.45) is 11.7 Å². The Bertz CT molecular complexity index is 385. The Balaban J connectivity index is 1.74. The van der Waals surface area contributed by atoms with Crippen molar-refractivity contribution in [2.45, 2.75) is 19.4 Å². The molecule has 1 aliphatic rings. The molecule has 0 bridgehead atoms. The summed E-state index contributed by atoms with van der Waals surface area (Å²) in [6.45, 7) is 3.21. The van der Waals surface area contributed by atoms with Crippen LogP contribution in [0.2, 0.25) is 0 Å². The summed E-state index contributed by atoms with van der Waals surface area (Å²) in [6, 6.07) is 7.90. The molecule has 0 saturated carbocycles. The molecule has 0 unspecified atom stereocenters. The van der Waals surface area contributed by atoms with Crippen molar-refractivity contribution in [3.05, 3.63) is 35.4 Å². The van der Waals surface area contributed by atoms with Gasteiger partial charge in [-0.1, -0.05) is 36.5 Å². The van der Waals surface area contributed by atoms with Crippen LogP contribution in [0.4, 0.5) is 0 Å². The zero-order valence-electron chi connectivity index (χ0n) is 10.4. The molecule has 0 amide bonds. The quantitative estimate of drug-likeness (QED) is 0.829. The summed E-state index contributed by atoms with van der Waals surface area (Å²) >= 11 is 4.91. The van der Waals surface area contributed by atoms with Gasteiger partial charge in [0, 0.05) is 18.8 Å². The van der Waals surface area contributed by atoms with Crippen LogP contribution >= 0.6 is 12.2 Å². The molecular weight excluding hydrogens is 246 g/mol. The fourth-order valence-corrected chi connectivity index (χ4v) is 2.16. The molecule has 1 heterocycles. The van der Waals surface area contributed by atoms with Crippen LogP contribution in [-0.4, -0.2) is 24.8 Å². The third kappa shape index (κ3) is 4.05. The number of benzene rings is 1. The zero-order chi connectivity index (χ0) is 12.8. The lowest BCUT2D eigenvalue weighted by molar-refractivity contribution is 0.0157. The van der Waals surface area contributed by atoms with Crippen LogP contribution < -0.4 is 5.73 Å². The van der Waals surface area contributed by atoms with Crippen molar-refractivity contribution in [3.8, 4) is 0 Å². The largest absolute Gasteiger partial charge is 0.389 e. The molecule has 0 spiro atoms. The van der Waals surface area contributed by atoms with Gasteiger partial charge in [0.15, 0.2) is 0 Å². The minimum Gasteiger partial charge on any atom is -0.389 e. The highest BCUT2D eigenvalue weighted by Crippen LogP contribution is 2.15. The minimum absolute atomic E-state index is 0.435. The summed E-state index contributed by atoms with van der Waals surface area (Å²) in [5.74, 6) is 0.648. The van der Waals surface area contributed by atoms with Gasteiger partial charge < -0.3 is 15.2 Å². The van der Waals surface area contributed by atoms with Gasteiger partial charge in [-0.05, 0) is 24.3 Å². The standard InChI is InChI=1S/C14H19NO2S/c15-14(18)13-3-1-11(2-4-13)9-17-10-12-5-7-16-8-6-12/h1-4,12H,5-10H2,(H2,15,18). The summed E-state index contributed by atoms with van der Waals surface area (Å²) in [6.07, 6.45) is 2.22. The van der Waals surface area contributed by atoms with Gasteiger partial charge in [0.05, 0.1) is 13.2 Å². The highest BCUT2D eigenvalue weighted by atomic mass is 32.1. The first kappa shape index (κ1) is 13.5. The van der Waals surface area contributed by atoms with Crippen molar-refractivity contribution in [1.82, 2.24) is 0 Å². The first-order valence-electron chi connectivity index (χ1n) is 6.30. The van der Waals surface area contributed by atoms with E-state index >= 15 is 0 Å². The molecule has 0 atom stereocenters. The second-order valence-corrected chi connectivity index (χ2v) is 5.07. The van der Waals surface area contributed by atoms with Gasteiger partial charge >= 0.3 is 0 Å². The van der Waals surface area contributed by atoms with Crippen molar-refractivity contribution < 1.29 is 9.47 Å². The predicted molar refractivity (Wildman–Crippen MR) is 75.5 cm³/mol. The van der Waals surface area contributed by atoms with Crippen LogP contribution in [-0.2, 0) is 16.1 Å². The van der Waals surface area contributed by atoms with Gasteiger partial charge in [-0.25, -0.2) is 0 Å². The zero-order valence-corrected chi connectivity index (χ0v) is 11.2. The van der Waals surface area contributed by atoms with Crippen molar-refractivity contribution in [1.29, 1.82) is 0 Å². The topological polar surface area (TPSA) is 44.5 Å². The Morgan fingerprint density at radius 3 is 2.56 bits per heavy atom. The maximum Gasteiger partial charge on any atom is 0.103 e. The number of ether oxygens (including phenoxy) is 2. The molecule has 2 rings (SSSR count). The van der Waals surface area contributed by atoms with E-state index in [-0.39, 0.29) is 0 Å². The summed E-state index contributed by atoms with van der Waals surface area (Å²) in [5, 5.41) is 0. The molecular formula is C14H19NO2S. The van der Waals surface area contributed by atoms with Gasteiger partial charge in [-0.3, -0.25) is 0 Å². The average molecular weight is 265 g/mol. The molecule has 0 aliphatic carbocycles. The van der Waals surface area contributed by atoms with E-state index < -0.39 is 0 Å². The molecule has 3 nitrogen and oxygen atoms in total. The molecule has 98 valence electrons. The average Bonchev–Trinajstić information content (AvgIpc) is 2.40. The lowest BCUT2D eigenvalue weighted by Crippen LogP contribution is -2.20. The Kier molecular flexibility index (Phi) is 5.11. The van der Waals surface area contributed by atoms with Crippen LogP contribution in [0.5, 0.6) is 0 Å². The lowest BCUT2D eigenvalue weighted by atomic mass is 10.0. The van der Waals surface area contributed by atoms with E-state index in [9.17, 15) is 0 Å². The van der Waals surface area contributed by atoms with Crippen molar-refractivity contribution in [2.75, 3.05) is 19.8 Å². The predicted octanol–water partition coefficient (Wildman–Crippen LogP) is 2.26. The molecule has 1 fully saturated rings. The highest BCUT2D eigenvalue weighted by Gasteiger charge is 2.13. The molecule has 18 heavy (non-hydrogen) atoms. The summed E-state index contributed by atoms with van der Waals surface area (Å²) in [4.78, 5) is 0.435. The number of nitrogens with two attached hydrogens (primary N) is 1. The molecule has 4 heteroatoms. The van der Waals surface area contributed by atoms with Crippen LogP contribution in [0.15, 0.2) is 24.3 Å². The van der Waals surface area contributed by atoms with E-state index in [1.807, 2.05) is 24.3 Å². The van der Waals surface area contributed by atoms with E-state index in [1.54, 1.807) is 0 Å². The normalized spacial score (nSPS) is 16.7. The van der Waals surface area contributed by atoms with Gasteiger partial charge in [0.1, 0.15) is 4.99 Å². The number of hydrogen-bond donors (Lipinski definition) is 1. The van der Waals surface area contributed by atoms with E-state index in [4.69, 9.17) is 27.4 Å². The van der Waals surface area contributed by atoms with E-state index in [2.05, 4.69) is 0 Å². The minimum atomic E-state index is 0.435. The fraction of sp³-hybridized carbons (Fsp3) is 0.500. The number of rotatable bonds is 5. The molecule has 1 saturated heterocycles. The number of thiocarbonyl (C=S) groups is 1. The molecule has 1 aliphatic heterocycles. The third-order valence-electron chi connectivity index (χ3n) is 3.20. The van der Waals surface area contributed by atoms with Gasteiger partial charge in [-0.15, -0.1) is 0 Å². The van der Waals surface area contributed by atoms with Crippen molar-refractivity contribution >= 4 is 17.2 Å². The SMILES string of the molecule is NC(=S)c1ccc(COCC2CCOCC2)cc1. The Labute approximate surface area is 113 Å². The van der Waals surface area contributed by atoms with Gasteiger partial charge in [0.2, 0.25) is 0 Å². The van der Waals surface area contributed by atoms with Crippen molar-refractivity contribution in [3.63, 3.8) is 0 Å². The van der Waals surface area contributed by atoms with Crippen LogP contribution in [0.1, 0.15) is 24.0 Å². The van der Waals surface area contributed by atoms with Gasteiger partial charge in [-0.2, -0.15) is 0 Å². The maximum atomic E-state index is 5.74. The van der Waals surface area contributed by atoms with Gasteiger partial charge in [0.25, 0.3) is 0 Å². The molecule has 0 radical (unpaired) electrons. The Hall–Kier alpha value is -0.970. The van der Waals surface area contributed by atoms with Crippen LogP contribution in [0.25, 0.3) is 0 Å². The summed E-state index contributed by atoms with van der Waals surface area (Å²) < 4.78 is 11.1. The lowest BCUT2D eigenvalue weighted by Gasteiger charge is -2.21. The highest BCUT2D eigenvalue weighted by molar-refractivity contribution is 7.80. The first-order valence-corrected chi connectivity index (χ1v) is 6.71. The van der Waals surface area contributed by atoms with E-state index in [0.29, 0.717) is 17.5 Å². The fourth-order valence-electron chi connectivity index (χ4n) is 2.02. The summed E-state index contributed by atoms with van der Waals surface area (Å²) in [5.41, 5.74) is 7.61. The molecule has 0 aromatic heterocycles. The molecule has 1 aromatic rings. The van der Waals surface area contributed by atoms with Crippen LogP contribution in [0, 0.1) is 5.92 Å². The number of hydrogen-bond acceptors (Lipinski definition) is 3. The third-order valence-corrected chi connectivity index (χ3v) is 3.44. The maximum absolute atomic E-state index is 5.74. The molecule has 2 N–H and O–H groups in total. The second-order valence-electron chi connectivity index (χ2n) is 4.63. The van der Waals surface area contributed by atoms with E-state index in [1.165, 1.54) is 0 Å². The van der Waals surface area contributed by atoms with Crippen LogP contribution in [0.3, 0.4) is 0 Å². The Morgan fingerprint density at radius 1 is 1.28 bits per heavy atom. The molecule has 1 aromatic carbocycles. The van der Waals surface area contributed by atoms with E-state index in [0.717, 1.165) is 43.8 Å². The smallest absolute Gasteiger partial charge is 0.103 e. The second kappa shape index (κ2) is 6.83. The summed E-state index contributed by atoms with van der Waals surface area (Å²) in [7, 11) is 0. The Morgan fingerprint density at radius 2 is 1.94 bits per heavy atom.